The van der Waals surface area contributed by atoms with Crippen molar-refractivity contribution < 1.29 is 22.3 Å². The van der Waals surface area contributed by atoms with E-state index in [1.807, 2.05) is 0 Å². The molecular formula is C25H30F4O. The molecule has 1 nitrogen and oxygen atoms in total. The minimum atomic E-state index is -4.91. The van der Waals surface area contributed by atoms with E-state index in [1.54, 1.807) is 6.08 Å². The highest BCUT2D eigenvalue weighted by Crippen LogP contribution is 2.42. The number of rotatable bonds is 4. The number of hydrogen-bond donors (Lipinski definition) is 0. The zero-order valence-corrected chi connectivity index (χ0v) is 17.5. The third-order valence-electron chi connectivity index (χ3n) is 6.78. The van der Waals surface area contributed by atoms with Gasteiger partial charge in [0.25, 0.3) is 0 Å². The molecule has 0 atom stereocenters. The van der Waals surface area contributed by atoms with Crippen LogP contribution in [0.15, 0.2) is 30.4 Å². The first-order chi connectivity index (χ1) is 14.3. The first-order valence-electron chi connectivity index (χ1n) is 11.1. The molecule has 0 spiro atoms. The number of benzene rings is 1. The third kappa shape index (κ3) is 6.79. The van der Waals surface area contributed by atoms with Gasteiger partial charge in [0.15, 0.2) is 11.6 Å². The molecule has 0 amide bonds. The van der Waals surface area contributed by atoms with E-state index in [0.717, 1.165) is 29.9 Å². The molecule has 0 radical (unpaired) electrons. The predicted octanol–water partition coefficient (Wildman–Crippen LogP) is 7.65. The van der Waals surface area contributed by atoms with E-state index in [1.165, 1.54) is 63.9 Å². The molecule has 5 heteroatoms. The summed E-state index contributed by atoms with van der Waals surface area (Å²) in [5, 5.41) is 0. The summed E-state index contributed by atoms with van der Waals surface area (Å²) in [5.74, 6) is 6.98. The maximum atomic E-state index is 13.7. The van der Waals surface area contributed by atoms with Gasteiger partial charge in [-0.05, 0) is 86.5 Å². The number of alkyl halides is 3. The van der Waals surface area contributed by atoms with E-state index in [0.29, 0.717) is 11.5 Å². The lowest BCUT2D eigenvalue weighted by Gasteiger charge is -2.37. The van der Waals surface area contributed by atoms with Crippen LogP contribution in [-0.4, -0.2) is 6.36 Å². The molecule has 30 heavy (non-hydrogen) atoms. The molecule has 0 heterocycles. The summed E-state index contributed by atoms with van der Waals surface area (Å²) in [6.07, 6.45) is 10.9. The highest BCUT2D eigenvalue weighted by molar-refractivity contribution is 5.41. The molecule has 1 aromatic carbocycles. The van der Waals surface area contributed by atoms with Gasteiger partial charge < -0.3 is 4.74 Å². The quantitative estimate of drug-likeness (QED) is 0.358. The average Bonchev–Trinajstić information content (AvgIpc) is 2.73. The van der Waals surface area contributed by atoms with Crippen LogP contribution in [0.2, 0.25) is 0 Å². The SMILES string of the molecule is CC[C@H]1CC[C@H]([C@H]2CC[C@H](C=CC#Cc3ccc(OC(F)(F)F)c(F)c3)CC2)CC1. The Morgan fingerprint density at radius 1 is 1.00 bits per heavy atom. The maximum Gasteiger partial charge on any atom is 0.573 e. The molecule has 0 bridgehead atoms. The molecule has 0 aliphatic heterocycles. The molecule has 0 saturated heterocycles. The largest absolute Gasteiger partial charge is 0.573 e. The topological polar surface area (TPSA) is 9.23 Å². The van der Waals surface area contributed by atoms with Gasteiger partial charge in [-0.25, -0.2) is 4.39 Å². The lowest BCUT2D eigenvalue weighted by molar-refractivity contribution is -0.275. The summed E-state index contributed by atoms with van der Waals surface area (Å²) in [7, 11) is 0. The van der Waals surface area contributed by atoms with Crippen molar-refractivity contribution in [1.29, 1.82) is 0 Å². The molecular weight excluding hydrogens is 392 g/mol. The van der Waals surface area contributed by atoms with Crippen LogP contribution in [-0.2, 0) is 0 Å². The standard InChI is InChI=1S/C25H30F4O/c1-2-18-7-12-21(13-8-18)22-14-9-19(10-15-22)5-3-4-6-20-11-16-24(23(26)17-20)30-25(27,28)29/h3,5,11,16-19,21-22H,2,7-10,12-15H2,1H3/t18-,19-,21-,22-. The molecule has 2 fully saturated rings. The van der Waals surface area contributed by atoms with E-state index in [2.05, 4.69) is 29.6 Å². The van der Waals surface area contributed by atoms with Crippen LogP contribution in [0, 0.1) is 41.3 Å². The molecule has 2 aliphatic carbocycles. The average molecular weight is 423 g/mol. The molecule has 1 aromatic rings. The Labute approximate surface area is 176 Å². The molecule has 3 rings (SSSR count). The minimum Gasteiger partial charge on any atom is -0.403 e. The Balaban J connectivity index is 1.45. The zero-order valence-electron chi connectivity index (χ0n) is 17.5. The second-order valence-electron chi connectivity index (χ2n) is 8.69. The van der Waals surface area contributed by atoms with Gasteiger partial charge in [-0.2, -0.15) is 0 Å². The van der Waals surface area contributed by atoms with Crippen LogP contribution in [0.1, 0.15) is 70.3 Å². The van der Waals surface area contributed by atoms with Gasteiger partial charge in [0.05, 0.1) is 0 Å². The molecule has 0 unspecified atom stereocenters. The number of hydrogen-bond acceptors (Lipinski definition) is 1. The second kappa shape index (κ2) is 10.4. The Morgan fingerprint density at radius 3 is 2.20 bits per heavy atom. The first kappa shape index (κ1) is 22.7. The van der Waals surface area contributed by atoms with Crippen LogP contribution >= 0.6 is 0 Å². The summed E-state index contributed by atoms with van der Waals surface area (Å²) >= 11 is 0. The van der Waals surface area contributed by atoms with Crippen molar-refractivity contribution >= 4 is 0 Å². The first-order valence-corrected chi connectivity index (χ1v) is 11.1. The smallest absolute Gasteiger partial charge is 0.403 e. The minimum absolute atomic E-state index is 0.318. The summed E-state index contributed by atoms with van der Waals surface area (Å²) < 4.78 is 53.9. The molecule has 164 valence electrons. The van der Waals surface area contributed by atoms with Crippen LogP contribution in [0.3, 0.4) is 0 Å². The lowest BCUT2D eigenvalue weighted by atomic mass is 9.69. The van der Waals surface area contributed by atoms with Crippen molar-refractivity contribution in [3.05, 3.63) is 41.7 Å². The van der Waals surface area contributed by atoms with E-state index in [-0.39, 0.29) is 0 Å². The fourth-order valence-electron chi connectivity index (χ4n) is 4.97. The number of ether oxygens (including phenoxy) is 1. The van der Waals surface area contributed by atoms with Crippen molar-refractivity contribution in [2.75, 3.05) is 0 Å². The Bertz CT molecular complexity index is 771. The van der Waals surface area contributed by atoms with Crippen molar-refractivity contribution in [2.24, 2.45) is 23.7 Å². The monoisotopic (exact) mass is 422 g/mol. The normalized spacial score (nSPS) is 27.5. The van der Waals surface area contributed by atoms with E-state index in [9.17, 15) is 17.6 Å². The van der Waals surface area contributed by atoms with E-state index >= 15 is 0 Å². The van der Waals surface area contributed by atoms with Crippen LogP contribution in [0.4, 0.5) is 17.6 Å². The molecule has 2 saturated carbocycles. The van der Waals surface area contributed by atoms with Gasteiger partial charge >= 0.3 is 6.36 Å². The van der Waals surface area contributed by atoms with E-state index < -0.39 is 17.9 Å². The molecule has 2 aliphatic rings. The van der Waals surface area contributed by atoms with Gasteiger partial charge in [0.1, 0.15) is 0 Å². The van der Waals surface area contributed by atoms with Crippen LogP contribution in [0.5, 0.6) is 5.75 Å². The van der Waals surface area contributed by atoms with Crippen molar-refractivity contribution in [3.8, 4) is 17.6 Å². The van der Waals surface area contributed by atoms with Gasteiger partial charge in [-0.1, -0.05) is 44.1 Å². The van der Waals surface area contributed by atoms with Gasteiger partial charge in [-0.15, -0.1) is 13.2 Å². The highest BCUT2D eigenvalue weighted by Gasteiger charge is 2.32. The van der Waals surface area contributed by atoms with Gasteiger partial charge in [0, 0.05) is 5.56 Å². The fourth-order valence-corrected chi connectivity index (χ4v) is 4.97. The maximum absolute atomic E-state index is 13.7. The van der Waals surface area contributed by atoms with Crippen LogP contribution in [0.25, 0.3) is 0 Å². The van der Waals surface area contributed by atoms with Gasteiger partial charge in [0.2, 0.25) is 0 Å². The zero-order chi connectivity index (χ0) is 21.6. The molecule has 0 aromatic heterocycles. The van der Waals surface area contributed by atoms with Crippen molar-refractivity contribution in [1.82, 2.24) is 0 Å². The summed E-state index contributed by atoms with van der Waals surface area (Å²) in [6, 6.07) is 3.23. The Morgan fingerprint density at radius 2 is 1.63 bits per heavy atom. The summed E-state index contributed by atoms with van der Waals surface area (Å²) in [4.78, 5) is 0. The van der Waals surface area contributed by atoms with Gasteiger partial charge in [-0.3, -0.25) is 0 Å². The molecule has 0 N–H and O–H groups in total. The fraction of sp³-hybridized carbons (Fsp3) is 0.600. The van der Waals surface area contributed by atoms with Crippen LogP contribution < -0.4 is 4.74 Å². The summed E-state index contributed by atoms with van der Waals surface area (Å²) in [5.41, 5.74) is 0.318. The Kier molecular flexibility index (Phi) is 7.86. The number of halogens is 4. The summed E-state index contributed by atoms with van der Waals surface area (Å²) in [6.45, 7) is 2.30. The highest BCUT2D eigenvalue weighted by atomic mass is 19.4. The van der Waals surface area contributed by atoms with Crippen molar-refractivity contribution in [2.45, 2.75) is 71.1 Å². The lowest BCUT2D eigenvalue weighted by Crippen LogP contribution is -2.25. The Hall–Kier alpha value is -1.96. The number of allylic oxidation sites excluding steroid dienone is 2. The second-order valence-corrected chi connectivity index (χ2v) is 8.69. The predicted molar refractivity (Wildman–Crippen MR) is 110 cm³/mol. The van der Waals surface area contributed by atoms with E-state index in [4.69, 9.17) is 0 Å². The van der Waals surface area contributed by atoms with Crippen molar-refractivity contribution in [3.63, 3.8) is 0 Å². The third-order valence-corrected chi connectivity index (χ3v) is 6.78.